The minimum absolute atomic E-state index is 0.0991. The molecule has 0 radical (unpaired) electrons. The molecule has 0 unspecified atom stereocenters. The van der Waals surface area contributed by atoms with Gasteiger partial charge in [-0.3, -0.25) is 0 Å². The number of hydrogen-bond donors (Lipinski definition) is 1. The van der Waals surface area contributed by atoms with Crippen LogP contribution < -0.4 is 5.73 Å². The zero-order valence-electron chi connectivity index (χ0n) is 9.29. The van der Waals surface area contributed by atoms with Crippen molar-refractivity contribution < 1.29 is 9.53 Å². The normalized spacial score (nSPS) is 21.6. The Morgan fingerprint density at radius 2 is 2.25 bits per heavy atom. The van der Waals surface area contributed by atoms with E-state index in [-0.39, 0.29) is 11.5 Å². The molecule has 3 nitrogen and oxygen atoms in total. The number of benzene rings is 1. The molecule has 86 valence electrons. The van der Waals surface area contributed by atoms with Gasteiger partial charge in [-0.15, -0.1) is 0 Å². The van der Waals surface area contributed by atoms with Gasteiger partial charge in [-0.05, 0) is 29.7 Å². The highest BCUT2D eigenvalue weighted by Gasteiger charge is 2.41. The van der Waals surface area contributed by atoms with Crippen LogP contribution in [0.1, 0.15) is 31.1 Å². The zero-order valence-corrected chi connectivity index (χ0v) is 10.9. The van der Waals surface area contributed by atoms with Crippen molar-refractivity contribution in [3.05, 3.63) is 33.8 Å². The maximum Gasteiger partial charge on any atom is 0.405 e. The van der Waals surface area contributed by atoms with Crippen molar-refractivity contribution in [1.29, 1.82) is 0 Å². The van der Waals surface area contributed by atoms with Crippen LogP contribution >= 0.6 is 15.9 Å². The molecule has 0 saturated carbocycles. The van der Waals surface area contributed by atoms with Crippen LogP contribution in [-0.4, -0.2) is 6.09 Å². The molecule has 16 heavy (non-hydrogen) atoms. The van der Waals surface area contributed by atoms with Gasteiger partial charge in [0.2, 0.25) is 0 Å². The van der Waals surface area contributed by atoms with Crippen molar-refractivity contribution in [2.45, 2.75) is 26.4 Å². The first kappa shape index (κ1) is 11.5. The van der Waals surface area contributed by atoms with Gasteiger partial charge >= 0.3 is 6.09 Å². The first-order valence-electron chi connectivity index (χ1n) is 5.14. The summed E-state index contributed by atoms with van der Waals surface area (Å²) in [6.07, 6.45) is -0.0679. The number of nitrogens with two attached hydrogens (primary N) is 1. The van der Waals surface area contributed by atoms with Gasteiger partial charge in [0.05, 0.1) is 0 Å². The van der Waals surface area contributed by atoms with Gasteiger partial charge in [0.1, 0.15) is 6.10 Å². The summed E-state index contributed by atoms with van der Waals surface area (Å²) in [6, 6.07) is 6.01. The van der Waals surface area contributed by atoms with E-state index < -0.39 is 6.09 Å². The monoisotopic (exact) mass is 283 g/mol. The molecule has 1 aromatic rings. The number of fused-ring (bicyclic) bond motifs is 1. The van der Waals surface area contributed by atoms with Crippen LogP contribution in [0.5, 0.6) is 0 Å². The van der Waals surface area contributed by atoms with Crippen molar-refractivity contribution >= 4 is 22.0 Å². The number of amides is 1. The molecule has 4 heteroatoms. The number of primary amides is 1. The lowest BCUT2D eigenvalue weighted by molar-refractivity contribution is 0.0392. The Hall–Kier alpha value is -1.03. The topological polar surface area (TPSA) is 52.3 Å². The van der Waals surface area contributed by atoms with E-state index in [4.69, 9.17) is 10.5 Å². The molecular weight excluding hydrogens is 270 g/mol. The predicted molar refractivity (Wildman–Crippen MR) is 65.0 cm³/mol. The smallest absolute Gasteiger partial charge is 0.405 e. The summed E-state index contributed by atoms with van der Waals surface area (Å²) in [7, 11) is 0. The van der Waals surface area contributed by atoms with Crippen LogP contribution in [0.4, 0.5) is 4.79 Å². The Morgan fingerprint density at radius 1 is 1.56 bits per heavy atom. The molecule has 2 rings (SSSR count). The largest absolute Gasteiger partial charge is 0.441 e. The van der Waals surface area contributed by atoms with Gasteiger partial charge in [-0.25, -0.2) is 4.79 Å². The average molecular weight is 284 g/mol. The first-order chi connectivity index (χ1) is 7.40. The first-order valence-corrected chi connectivity index (χ1v) is 5.94. The zero-order chi connectivity index (χ0) is 11.9. The number of carbonyl (C=O) groups is 1. The second-order valence-corrected chi connectivity index (χ2v) is 5.74. The van der Waals surface area contributed by atoms with E-state index in [1.54, 1.807) is 0 Å². The Bertz CT molecular complexity index is 443. The van der Waals surface area contributed by atoms with Crippen LogP contribution in [0, 0.1) is 5.41 Å². The third-order valence-corrected chi connectivity index (χ3v) is 3.47. The van der Waals surface area contributed by atoms with Crippen molar-refractivity contribution in [3.63, 3.8) is 0 Å². The van der Waals surface area contributed by atoms with Gasteiger partial charge in [0.25, 0.3) is 0 Å². The average Bonchev–Trinajstić information content (AvgIpc) is 2.36. The molecule has 0 spiro atoms. The van der Waals surface area contributed by atoms with Gasteiger partial charge in [-0.2, -0.15) is 0 Å². The molecule has 1 atom stereocenters. The van der Waals surface area contributed by atoms with E-state index in [0.29, 0.717) is 0 Å². The summed E-state index contributed by atoms with van der Waals surface area (Å²) < 4.78 is 6.26. The van der Waals surface area contributed by atoms with Gasteiger partial charge in [-0.1, -0.05) is 35.8 Å². The molecular formula is C12H14BrNO2. The second kappa shape index (κ2) is 3.77. The fraction of sp³-hybridized carbons (Fsp3) is 0.417. The summed E-state index contributed by atoms with van der Waals surface area (Å²) in [5, 5.41) is 0. The lowest BCUT2D eigenvalue weighted by Gasteiger charge is -2.26. The summed E-state index contributed by atoms with van der Waals surface area (Å²) in [5.41, 5.74) is 7.29. The fourth-order valence-corrected chi connectivity index (χ4v) is 2.74. The Morgan fingerprint density at radius 3 is 2.88 bits per heavy atom. The van der Waals surface area contributed by atoms with Crippen molar-refractivity contribution in [1.82, 2.24) is 0 Å². The molecule has 0 fully saturated rings. The molecule has 0 saturated heterocycles. The Balaban J connectivity index is 2.41. The molecule has 1 amide bonds. The predicted octanol–water partition coefficient (Wildman–Crippen LogP) is 3.17. The highest BCUT2D eigenvalue weighted by molar-refractivity contribution is 9.10. The second-order valence-electron chi connectivity index (χ2n) is 4.83. The van der Waals surface area contributed by atoms with Gasteiger partial charge in [0, 0.05) is 9.89 Å². The van der Waals surface area contributed by atoms with Crippen LogP contribution in [0.3, 0.4) is 0 Å². The van der Waals surface area contributed by atoms with Gasteiger partial charge < -0.3 is 10.5 Å². The number of rotatable bonds is 1. The quantitative estimate of drug-likeness (QED) is 0.861. The van der Waals surface area contributed by atoms with Crippen LogP contribution in [0.15, 0.2) is 22.7 Å². The molecule has 0 aliphatic heterocycles. The SMILES string of the molecule is CC1(C)Cc2cc(Br)ccc2[C@@H]1OC(N)=O. The minimum Gasteiger partial charge on any atom is -0.441 e. The van der Waals surface area contributed by atoms with Crippen LogP contribution in [-0.2, 0) is 11.2 Å². The molecule has 1 aliphatic rings. The molecule has 1 aliphatic carbocycles. The van der Waals surface area contributed by atoms with E-state index in [1.807, 2.05) is 12.1 Å². The van der Waals surface area contributed by atoms with Crippen molar-refractivity contribution in [2.24, 2.45) is 11.1 Å². The van der Waals surface area contributed by atoms with Crippen molar-refractivity contribution in [2.75, 3.05) is 0 Å². The van der Waals surface area contributed by atoms with E-state index in [2.05, 4.69) is 35.8 Å². The summed E-state index contributed by atoms with van der Waals surface area (Å²) in [6.45, 7) is 4.16. The lowest BCUT2D eigenvalue weighted by Crippen LogP contribution is -2.25. The summed E-state index contributed by atoms with van der Waals surface area (Å²) in [5.74, 6) is 0. The third kappa shape index (κ3) is 1.94. The molecule has 0 bridgehead atoms. The van der Waals surface area contributed by atoms with Crippen LogP contribution in [0.2, 0.25) is 0 Å². The van der Waals surface area contributed by atoms with E-state index in [1.165, 1.54) is 5.56 Å². The number of halogens is 1. The van der Waals surface area contributed by atoms with E-state index >= 15 is 0 Å². The molecule has 2 N–H and O–H groups in total. The highest BCUT2D eigenvalue weighted by Crippen LogP contribution is 2.47. The molecule has 0 heterocycles. The number of hydrogen-bond acceptors (Lipinski definition) is 2. The van der Waals surface area contributed by atoms with Gasteiger partial charge in [0.15, 0.2) is 0 Å². The standard InChI is InChI=1S/C12H14BrNO2/c1-12(2)6-7-5-8(13)3-4-9(7)10(12)16-11(14)15/h3-5,10H,6H2,1-2H3,(H2,14,15)/t10-/m0/s1. The summed E-state index contributed by atoms with van der Waals surface area (Å²) >= 11 is 3.44. The maximum absolute atomic E-state index is 10.9. The molecule has 0 aromatic heterocycles. The highest BCUT2D eigenvalue weighted by atomic mass is 79.9. The number of ether oxygens (including phenoxy) is 1. The number of carbonyl (C=O) groups excluding carboxylic acids is 1. The maximum atomic E-state index is 10.9. The third-order valence-electron chi connectivity index (χ3n) is 2.98. The van der Waals surface area contributed by atoms with E-state index in [0.717, 1.165) is 16.5 Å². The lowest BCUT2D eigenvalue weighted by atomic mass is 9.87. The minimum atomic E-state index is -0.714. The van der Waals surface area contributed by atoms with Crippen molar-refractivity contribution in [3.8, 4) is 0 Å². The Kier molecular flexibility index (Phi) is 2.70. The molecule has 1 aromatic carbocycles. The summed E-state index contributed by atoms with van der Waals surface area (Å²) in [4.78, 5) is 10.9. The van der Waals surface area contributed by atoms with Crippen LogP contribution in [0.25, 0.3) is 0 Å². The fourth-order valence-electron chi connectivity index (χ4n) is 2.33. The van der Waals surface area contributed by atoms with E-state index in [9.17, 15) is 4.79 Å². The Labute approximate surface area is 103 Å².